The molecule has 160 valence electrons. The summed E-state index contributed by atoms with van der Waals surface area (Å²) >= 11 is 0. The fraction of sp³-hybridized carbons (Fsp3) is 0.381. The summed E-state index contributed by atoms with van der Waals surface area (Å²) in [5.74, 6) is 0.977. The van der Waals surface area contributed by atoms with Crippen LogP contribution < -0.4 is 24.7 Å². The highest BCUT2D eigenvalue weighted by Crippen LogP contribution is 2.38. The predicted molar refractivity (Wildman–Crippen MR) is 108 cm³/mol. The SMILES string of the molecule is COc1cc(C(=O)N2CCCC(Oc3ccnc(C(N)=O)c3)C2)cc(OC)c1OC. The first kappa shape index (κ1) is 21.2. The molecule has 0 bridgehead atoms. The van der Waals surface area contributed by atoms with Gasteiger partial charge in [-0.1, -0.05) is 0 Å². The van der Waals surface area contributed by atoms with E-state index < -0.39 is 5.91 Å². The Balaban J connectivity index is 1.76. The standard InChI is InChI=1S/C21H25N3O6/c1-27-17-9-13(10-18(28-2)19(17)29-3)21(26)24-8-4-5-15(12-24)30-14-6-7-23-16(11-14)20(22)25/h6-7,9-11,15H,4-5,8,12H2,1-3H3,(H2,22,25). The number of benzene rings is 1. The molecule has 2 N–H and O–H groups in total. The van der Waals surface area contributed by atoms with Crippen molar-refractivity contribution < 1.29 is 28.5 Å². The number of likely N-dealkylation sites (tertiary alicyclic amines) is 1. The summed E-state index contributed by atoms with van der Waals surface area (Å²) in [7, 11) is 4.52. The molecular weight excluding hydrogens is 390 g/mol. The predicted octanol–water partition coefficient (Wildman–Crippen LogP) is 1.89. The molecule has 1 aromatic heterocycles. The average molecular weight is 415 g/mol. The minimum Gasteiger partial charge on any atom is -0.493 e. The molecule has 1 atom stereocenters. The van der Waals surface area contributed by atoms with Gasteiger partial charge in [0.25, 0.3) is 11.8 Å². The van der Waals surface area contributed by atoms with Gasteiger partial charge in [0.1, 0.15) is 17.5 Å². The Hall–Kier alpha value is -3.49. The number of carbonyl (C=O) groups excluding carboxylic acids is 2. The van der Waals surface area contributed by atoms with E-state index >= 15 is 0 Å². The number of ether oxygens (including phenoxy) is 4. The van der Waals surface area contributed by atoms with Gasteiger partial charge in [-0.05, 0) is 31.0 Å². The molecule has 1 aliphatic rings. The van der Waals surface area contributed by atoms with E-state index in [9.17, 15) is 9.59 Å². The highest BCUT2D eigenvalue weighted by Gasteiger charge is 2.27. The van der Waals surface area contributed by atoms with Gasteiger partial charge in [-0.3, -0.25) is 14.6 Å². The number of carbonyl (C=O) groups is 2. The molecule has 9 heteroatoms. The van der Waals surface area contributed by atoms with Crippen molar-refractivity contribution in [2.24, 2.45) is 5.73 Å². The molecule has 2 aromatic rings. The van der Waals surface area contributed by atoms with Crippen LogP contribution in [-0.4, -0.2) is 62.2 Å². The van der Waals surface area contributed by atoms with Crippen molar-refractivity contribution in [2.75, 3.05) is 34.4 Å². The number of amides is 2. The van der Waals surface area contributed by atoms with Gasteiger partial charge < -0.3 is 29.6 Å². The first-order valence-electron chi connectivity index (χ1n) is 9.48. The van der Waals surface area contributed by atoms with Gasteiger partial charge in [0.05, 0.1) is 27.9 Å². The van der Waals surface area contributed by atoms with Crippen LogP contribution in [0.2, 0.25) is 0 Å². The number of pyridine rings is 1. The summed E-state index contributed by atoms with van der Waals surface area (Å²) in [5, 5.41) is 0. The van der Waals surface area contributed by atoms with Crippen molar-refractivity contribution in [1.82, 2.24) is 9.88 Å². The van der Waals surface area contributed by atoms with Gasteiger partial charge in [-0.15, -0.1) is 0 Å². The van der Waals surface area contributed by atoms with E-state index in [1.165, 1.54) is 33.6 Å². The van der Waals surface area contributed by atoms with E-state index in [1.54, 1.807) is 23.1 Å². The van der Waals surface area contributed by atoms with Crippen LogP contribution in [0.1, 0.15) is 33.7 Å². The third-order valence-corrected chi connectivity index (χ3v) is 4.86. The third-order valence-electron chi connectivity index (χ3n) is 4.86. The zero-order valence-corrected chi connectivity index (χ0v) is 17.2. The summed E-state index contributed by atoms with van der Waals surface area (Å²) in [6.45, 7) is 1.02. The number of hydrogen-bond donors (Lipinski definition) is 1. The molecule has 0 aliphatic carbocycles. The first-order valence-corrected chi connectivity index (χ1v) is 9.48. The monoisotopic (exact) mass is 415 g/mol. The number of nitrogens with two attached hydrogens (primary N) is 1. The lowest BCUT2D eigenvalue weighted by Gasteiger charge is -2.33. The quantitative estimate of drug-likeness (QED) is 0.735. The Morgan fingerprint density at radius 1 is 1.10 bits per heavy atom. The molecule has 1 saturated heterocycles. The minimum absolute atomic E-state index is 0.133. The van der Waals surface area contributed by atoms with E-state index in [-0.39, 0.29) is 17.7 Å². The van der Waals surface area contributed by atoms with Crippen LogP contribution in [0, 0.1) is 0 Å². The molecule has 1 aromatic carbocycles. The molecule has 1 aliphatic heterocycles. The van der Waals surface area contributed by atoms with Gasteiger partial charge in [0.15, 0.2) is 11.5 Å². The van der Waals surface area contributed by atoms with Crippen LogP contribution in [0.3, 0.4) is 0 Å². The molecule has 1 unspecified atom stereocenters. The second kappa shape index (κ2) is 9.34. The van der Waals surface area contributed by atoms with Crippen LogP contribution in [0.25, 0.3) is 0 Å². The van der Waals surface area contributed by atoms with Gasteiger partial charge in [-0.25, -0.2) is 0 Å². The van der Waals surface area contributed by atoms with E-state index in [1.807, 2.05) is 0 Å². The third kappa shape index (κ3) is 4.56. The maximum Gasteiger partial charge on any atom is 0.267 e. The lowest BCUT2D eigenvalue weighted by molar-refractivity contribution is 0.0537. The minimum atomic E-state index is -0.622. The Labute approximate surface area is 174 Å². The lowest BCUT2D eigenvalue weighted by Crippen LogP contribution is -2.44. The van der Waals surface area contributed by atoms with Gasteiger partial charge in [-0.2, -0.15) is 0 Å². The Kier molecular flexibility index (Phi) is 6.61. The number of piperidine rings is 1. The van der Waals surface area contributed by atoms with E-state index in [0.29, 0.717) is 41.7 Å². The van der Waals surface area contributed by atoms with Crippen molar-refractivity contribution in [3.63, 3.8) is 0 Å². The maximum atomic E-state index is 13.1. The molecule has 0 radical (unpaired) electrons. The van der Waals surface area contributed by atoms with E-state index in [0.717, 1.165) is 12.8 Å². The zero-order valence-electron chi connectivity index (χ0n) is 17.2. The summed E-state index contributed by atoms with van der Waals surface area (Å²) in [6.07, 6.45) is 2.83. The van der Waals surface area contributed by atoms with Crippen LogP contribution in [-0.2, 0) is 0 Å². The topological polar surface area (TPSA) is 113 Å². The smallest absolute Gasteiger partial charge is 0.267 e. The Morgan fingerprint density at radius 2 is 1.80 bits per heavy atom. The van der Waals surface area contributed by atoms with E-state index in [4.69, 9.17) is 24.7 Å². The highest BCUT2D eigenvalue weighted by molar-refractivity contribution is 5.95. The van der Waals surface area contributed by atoms with Crippen molar-refractivity contribution in [2.45, 2.75) is 18.9 Å². The lowest BCUT2D eigenvalue weighted by atomic mass is 10.1. The second-order valence-electron chi connectivity index (χ2n) is 6.79. The number of nitrogens with zero attached hydrogens (tertiary/aromatic N) is 2. The average Bonchev–Trinajstić information content (AvgIpc) is 2.77. The molecule has 3 rings (SSSR count). The summed E-state index contributed by atoms with van der Waals surface area (Å²) in [5.41, 5.74) is 5.84. The zero-order chi connectivity index (χ0) is 21.7. The van der Waals surface area contributed by atoms with Crippen LogP contribution >= 0.6 is 0 Å². The molecule has 30 heavy (non-hydrogen) atoms. The van der Waals surface area contributed by atoms with Crippen molar-refractivity contribution in [3.8, 4) is 23.0 Å². The van der Waals surface area contributed by atoms with Gasteiger partial charge >= 0.3 is 0 Å². The van der Waals surface area contributed by atoms with Crippen LogP contribution in [0.15, 0.2) is 30.5 Å². The van der Waals surface area contributed by atoms with Crippen LogP contribution in [0.5, 0.6) is 23.0 Å². The molecule has 1 fully saturated rings. The molecule has 0 spiro atoms. The van der Waals surface area contributed by atoms with Crippen molar-refractivity contribution >= 4 is 11.8 Å². The molecule has 2 amide bonds. The largest absolute Gasteiger partial charge is 0.493 e. The first-order chi connectivity index (χ1) is 14.5. The summed E-state index contributed by atoms with van der Waals surface area (Å²) in [6, 6.07) is 6.43. The fourth-order valence-electron chi connectivity index (χ4n) is 3.42. The maximum absolute atomic E-state index is 13.1. The Bertz CT molecular complexity index is 908. The highest BCUT2D eigenvalue weighted by atomic mass is 16.5. The van der Waals surface area contributed by atoms with Gasteiger partial charge in [0, 0.05) is 24.4 Å². The van der Waals surface area contributed by atoms with Crippen molar-refractivity contribution in [1.29, 1.82) is 0 Å². The summed E-state index contributed by atoms with van der Waals surface area (Å²) < 4.78 is 22.0. The number of methoxy groups -OCH3 is 3. The molecule has 9 nitrogen and oxygen atoms in total. The van der Waals surface area contributed by atoms with Crippen molar-refractivity contribution in [3.05, 3.63) is 41.7 Å². The van der Waals surface area contributed by atoms with E-state index in [2.05, 4.69) is 4.98 Å². The molecular formula is C21H25N3O6. The summed E-state index contributed by atoms with van der Waals surface area (Å²) in [4.78, 5) is 30.1. The molecule has 0 saturated carbocycles. The van der Waals surface area contributed by atoms with Crippen LogP contribution in [0.4, 0.5) is 0 Å². The molecule has 2 heterocycles. The Morgan fingerprint density at radius 3 is 2.40 bits per heavy atom. The number of hydrogen-bond acceptors (Lipinski definition) is 7. The fourth-order valence-corrected chi connectivity index (χ4v) is 3.42. The number of primary amides is 1. The second-order valence-corrected chi connectivity index (χ2v) is 6.79. The number of rotatable bonds is 7. The number of aromatic nitrogens is 1. The normalized spacial score (nSPS) is 16.0. The van der Waals surface area contributed by atoms with Gasteiger partial charge in [0.2, 0.25) is 5.75 Å².